The second kappa shape index (κ2) is 6.72. The number of unbranched alkanes of at least 4 members (excludes halogenated alkanes) is 3. The second-order valence-electron chi connectivity index (χ2n) is 4.85. The van der Waals surface area contributed by atoms with Gasteiger partial charge in [0.1, 0.15) is 0 Å². The molecule has 1 saturated carbocycles. The smallest absolute Gasteiger partial charge is 0.333 e. The molecule has 0 aromatic heterocycles. The number of hydrogen-bond acceptors (Lipinski definition) is 2. The van der Waals surface area contributed by atoms with Crippen LogP contribution in [0.15, 0.2) is 11.6 Å². The standard InChI is InChI=1S/C14H24O2/c1-4-5-6-7-8-12-10-13(12)9-11(2)14(15)16-3/h9,12-13H,4-8,10H2,1-3H3/b11-9+/t12-,13-/m0/s1. The Morgan fingerprint density at radius 2 is 2.12 bits per heavy atom. The lowest BCUT2D eigenvalue weighted by atomic mass is 10.1. The number of esters is 1. The fourth-order valence-corrected chi connectivity index (χ4v) is 2.19. The minimum atomic E-state index is -0.184. The third-order valence-electron chi connectivity index (χ3n) is 3.38. The maximum atomic E-state index is 11.2. The molecule has 0 aromatic rings. The van der Waals surface area contributed by atoms with Gasteiger partial charge in [0.25, 0.3) is 0 Å². The van der Waals surface area contributed by atoms with E-state index in [2.05, 4.69) is 17.7 Å². The van der Waals surface area contributed by atoms with Crippen LogP contribution in [0.4, 0.5) is 0 Å². The van der Waals surface area contributed by atoms with Crippen molar-refractivity contribution in [2.45, 2.75) is 52.4 Å². The largest absolute Gasteiger partial charge is 0.466 e. The van der Waals surface area contributed by atoms with Gasteiger partial charge in [-0.25, -0.2) is 4.79 Å². The van der Waals surface area contributed by atoms with Crippen molar-refractivity contribution in [3.63, 3.8) is 0 Å². The lowest BCUT2D eigenvalue weighted by Gasteiger charge is -1.99. The Bertz CT molecular complexity index is 255. The van der Waals surface area contributed by atoms with Gasteiger partial charge >= 0.3 is 5.97 Å². The van der Waals surface area contributed by atoms with E-state index < -0.39 is 0 Å². The van der Waals surface area contributed by atoms with Gasteiger partial charge in [-0.2, -0.15) is 0 Å². The van der Waals surface area contributed by atoms with Gasteiger partial charge < -0.3 is 4.74 Å². The molecule has 0 aliphatic heterocycles. The molecule has 1 rings (SSSR count). The van der Waals surface area contributed by atoms with Gasteiger partial charge in [0.2, 0.25) is 0 Å². The van der Waals surface area contributed by atoms with Crippen molar-refractivity contribution in [3.8, 4) is 0 Å². The molecule has 1 fully saturated rings. The predicted octanol–water partition coefficient (Wildman–Crippen LogP) is 3.71. The molecule has 0 saturated heterocycles. The Morgan fingerprint density at radius 3 is 2.75 bits per heavy atom. The summed E-state index contributed by atoms with van der Waals surface area (Å²) in [6.45, 7) is 4.08. The Hall–Kier alpha value is -0.790. The summed E-state index contributed by atoms with van der Waals surface area (Å²) in [4.78, 5) is 11.2. The highest BCUT2D eigenvalue weighted by molar-refractivity contribution is 5.87. The van der Waals surface area contributed by atoms with Crippen LogP contribution in [-0.2, 0) is 9.53 Å². The number of allylic oxidation sites excluding steroid dienone is 1. The van der Waals surface area contributed by atoms with E-state index in [1.807, 2.05) is 6.92 Å². The number of hydrogen-bond donors (Lipinski definition) is 0. The molecule has 0 amide bonds. The van der Waals surface area contributed by atoms with Crippen LogP contribution < -0.4 is 0 Å². The first-order valence-corrected chi connectivity index (χ1v) is 6.45. The highest BCUT2D eigenvalue weighted by Gasteiger charge is 2.34. The van der Waals surface area contributed by atoms with Crippen LogP contribution in [0.5, 0.6) is 0 Å². The Labute approximate surface area is 99.1 Å². The predicted molar refractivity (Wildman–Crippen MR) is 66.1 cm³/mol. The van der Waals surface area contributed by atoms with E-state index in [-0.39, 0.29) is 5.97 Å². The molecule has 0 radical (unpaired) electrons. The summed E-state index contributed by atoms with van der Waals surface area (Å²) >= 11 is 0. The fraction of sp³-hybridized carbons (Fsp3) is 0.786. The van der Waals surface area contributed by atoms with E-state index in [9.17, 15) is 4.79 Å². The maximum Gasteiger partial charge on any atom is 0.333 e. The molecule has 0 unspecified atom stereocenters. The molecular formula is C14H24O2. The molecule has 2 atom stereocenters. The van der Waals surface area contributed by atoms with E-state index in [0.717, 1.165) is 11.5 Å². The summed E-state index contributed by atoms with van der Waals surface area (Å²) in [5, 5.41) is 0. The van der Waals surface area contributed by atoms with Crippen molar-refractivity contribution >= 4 is 5.97 Å². The van der Waals surface area contributed by atoms with Crippen molar-refractivity contribution in [1.82, 2.24) is 0 Å². The van der Waals surface area contributed by atoms with E-state index in [1.165, 1.54) is 45.6 Å². The first-order valence-electron chi connectivity index (χ1n) is 6.45. The molecule has 0 bridgehead atoms. The van der Waals surface area contributed by atoms with Crippen LogP contribution in [0.25, 0.3) is 0 Å². The molecule has 1 aliphatic carbocycles. The second-order valence-corrected chi connectivity index (χ2v) is 4.85. The summed E-state index contributed by atoms with van der Waals surface area (Å²) < 4.78 is 4.68. The van der Waals surface area contributed by atoms with E-state index in [1.54, 1.807) is 0 Å². The molecule has 16 heavy (non-hydrogen) atoms. The number of carbonyl (C=O) groups excluding carboxylic acids is 1. The van der Waals surface area contributed by atoms with Gasteiger partial charge in [0.05, 0.1) is 7.11 Å². The molecule has 0 aromatic carbocycles. The van der Waals surface area contributed by atoms with Crippen LogP contribution >= 0.6 is 0 Å². The molecule has 0 N–H and O–H groups in total. The number of carbonyl (C=O) groups is 1. The van der Waals surface area contributed by atoms with Crippen LogP contribution in [0.1, 0.15) is 52.4 Å². The maximum absolute atomic E-state index is 11.2. The van der Waals surface area contributed by atoms with E-state index >= 15 is 0 Å². The van der Waals surface area contributed by atoms with Crippen molar-refractivity contribution in [2.24, 2.45) is 11.8 Å². The third-order valence-corrected chi connectivity index (χ3v) is 3.38. The number of ether oxygens (including phenoxy) is 1. The zero-order valence-electron chi connectivity index (χ0n) is 10.8. The third kappa shape index (κ3) is 4.38. The van der Waals surface area contributed by atoms with Crippen molar-refractivity contribution < 1.29 is 9.53 Å². The summed E-state index contributed by atoms with van der Waals surface area (Å²) in [5.41, 5.74) is 0.767. The highest BCUT2D eigenvalue weighted by Crippen LogP contribution is 2.44. The summed E-state index contributed by atoms with van der Waals surface area (Å²) in [6, 6.07) is 0. The zero-order chi connectivity index (χ0) is 12.0. The van der Waals surface area contributed by atoms with Crippen molar-refractivity contribution in [1.29, 1.82) is 0 Å². The lowest BCUT2D eigenvalue weighted by molar-refractivity contribution is -0.136. The van der Waals surface area contributed by atoms with Crippen LogP contribution in [-0.4, -0.2) is 13.1 Å². The number of rotatable bonds is 7. The quantitative estimate of drug-likeness (QED) is 0.374. The zero-order valence-corrected chi connectivity index (χ0v) is 10.8. The molecule has 2 heteroatoms. The van der Waals surface area contributed by atoms with Gasteiger partial charge in [-0.15, -0.1) is 0 Å². The summed E-state index contributed by atoms with van der Waals surface area (Å²) in [5.74, 6) is 1.29. The SMILES string of the molecule is CCCCCC[C@H]1C[C@@H]1/C=C(\C)C(=O)OC. The lowest BCUT2D eigenvalue weighted by Crippen LogP contribution is -2.01. The Morgan fingerprint density at radius 1 is 1.38 bits per heavy atom. The normalized spacial score (nSPS) is 24.3. The molecule has 0 heterocycles. The molecule has 92 valence electrons. The summed E-state index contributed by atoms with van der Waals surface area (Å²) in [6.07, 6.45) is 10.1. The van der Waals surface area contributed by atoms with Gasteiger partial charge in [-0.1, -0.05) is 38.7 Å². The minimum Gasteiger partial charge on any atom is -0.466 e. The average Bonchev–Trinajstić information content (AvgIpc) is 3.01. The van der Waals surface area contributed by atoms with Gasteiger partial charge in [-0.05, 0) is 31.6 Å². The van der Waals surface area contributed by atoms with E-state index in [4.69, 9.17) is 0 Å². The van der Waals surface area contributed by atoms with Crippen LogP contribution in [0.3, 0.4) is 0 Å². The minimum absolute atomic E-state index is 0.184. The van der Waals surface area contributed by atoms with Crippen molar-refractivity contribution in [2.75, 3.05) is 7.11 Å². The molecular weight excluding hydrogens is 200 g/mol. The summed E-state index contributed by atoms with van der Waals surface area (Å²) in [7, 11) is 1.44. The van der Waals surface area contributed by atoms with Gasteiger partial charge in [0, 0.05) is 5.57 Å². The fourth-order valence-electron chi connectivity index (χ4n) is 2.19. The topological polar surface area (TPSA) is 26.3 Å². The Kier molecular flexibility index (Phi) is 5.58. The monoisotopic (exact) mass is 224 g/mol. The van der Waals surface area contributed by atoms with Gasteiger partial charge in [-0.3, -0.25) is 0 Å². The number of methoxy groups -OCH3 is 1. The van der Waals surface area contributed by atoms with Gasteiger partial charge in [0.15, 0.2) is 0 Å². The average molecular weight is 224 g/mol. The molecule has 0 spiro atoms. The van der Waals surface area contributed by atoms with E-state index in [0.29, 0.717) is 5.92 Å². The first kappa shape index (κ1) is 13.3. The van der Waals surface area contributed by atoms with Crippen molar-refractivity contribution in [3.05, 3.63) is 11.6 Å². The molecule has 2 nitrogen and oxygen atoms in total. The first-order chi connectivity index (χ1) is 7.69. The highest BCUT2D eigenvalue weighted by atomic mass is 16.5. The van der Waals surface area contributed by atoms with Crippen LogP contribution in [0, 0.1) is 11.8 Å². The Balaban J connectivity index is 2.16. The van der Waals surface area contributed by atoms with Crippen LogP contribution in [0.2, 0.25) is 0 Å². The molecule has 1 aliphatic rings.